The molecule has 2 aliphatic heterocycles. The highest BCUT2D eigenvalue weighted by Gasteiger charge is 2.36. The highest BCUT2D eigenvalue weighted by Crippen LogP contribution is 2.40. The van der Waals surface area contributed by atoms with Crippen molar-refractivity contribution in [1.82, 2.24) is 9.29 Å². The van der Waals surface area contributed by atoms with E-state index in [1.54, 1.807) is 33.8 Å². The van der Waals surface area contributed by atoms with E-state index in [9.17, 15) is 8.42 Å². The van der Waals surface area contributed by atoms with Gasteiger partial charge in [0.1, 0.15) is 5.01 Å². The van der Waals surface area contributed by atoms with Crippen LogP contribution in [-0.2, 0) is 10.0 Å². The van der Waals surface area contributed by atoms with Crippen LogP contribution in [0.1, 0.15) is 36.7 Å². The van der Waals surface area contributed by atoms with Gasteiger partial charge in [0, 0.05) is 19.0 Å². The normalized spacial score (nSPS) is 20.5. The molecule has 0 amide bonds. The minimum absolute atomic E-state index is 0.234. The summed E-state index contributed by atoms with van der Waals surface area (Å²) >= 11 is 1.58. The van der Waals surface area contributed by atoms with Crippen LogP contribution >= 0.6 is 11.3 Å². The van der Waals surface area contributed by atoms with E-state index in [1.807, 2.05) is 24.3 Å². The number of hydrogen-bond donors (Lipinski definition) is 0. The Hall–Kier alpha value is -2.16. The summed E-state index contributed by atoms with van der Waals surface area (Å²) in [6.45, 7) is 1.59. The molecule has 1 saturated heterocycles. The lowest BCUT2D eigenvalue weighted by atomic mass is 10.1. The summed E-state index contributed by atoms with van der Waals surface area (Å²) in [5.41, 5.74) is 0.922. The maximum absolute atomic E-state index is 13.6. The zero-order valence-electron chi connectivity index (χ0n) is 15.9. The van der Waals surface area contributed by atoms with E-state index in [0.29, 0.717) is 31.3 Å². The van der Waals surface area contributed by atoms with Crippen LogP contribution in [0.5, 0.6) is 11.5 Å². The van der Waals surface area contributed by atoms with E-state index < -0.39 is 10.0 Å². The first-order valence-corrected chi connectivity index (χ1v) is 12.2. The van der Waals surface area contributed by atoms with Crippen molar-refractivity contribution < 1.29 is 17.9 Å². The molecule has 0 unspecified atom stereocenters. The van der Waals surface area contributed by atoms with E-state index in [0.717, 1.165) is 40.9 Å². The lowest BCUT2D eigenvalue weighted by molar-refractivity contribution is 0.255. The standard InChI is InChI=1S/C21H22N2O4S2/c24-29(25,15-9-10-18-19(14-15)27-13-5-12-26-18)23-11-4-3-7-17(23)21-22-16-6-1-2-8-20(16)28-21/h1-2,6,8-10,14,17H,3-5,7,11-13H2/t17-/m1/s1. The van der Waals surface area contributed by atoms with Crippen LogP contribution in [0.2, 0.25) is 0 Å². The minimum atomic E-state index is -3.68. The monoisotopic (exact) mass is 430 g/mol. The molecule has 6 nitrogen and oxygen atoms in total. The lowest BCUT2D eigenvalue weighted by Crippen LogP contribution is -2.38. The van der Waals surface area contributed by atoms with Gasteiger partial charge in [-0.25, -0.2) is 13.4 Å². The molecule has 3 aromatic rings. The van der Waals surface area contributed by atoms with Crippen molar-refractivity contribution in [3.05, 3.63) is 47.5 Å². The van der Waals surface area contributed by atoms with Crippen LogP contribution in [0.15, 0.2) is 47.4 Å². The van der Waals surface area contributed by atoms with Crippen molar-refractivity contribution in [2.24, 2.45) is 0 Å². The van der Waals surface area contributed by atoms with Gasteiger partial charge in [0.2, 0.25) is 10.0 Å². The molecule has 0 aliphatic carbocycles. The first kappa shape index (κ1) is 18.8. The first-order valence-electron chi connectivity index (χ1n) is 9.90. The van der Waals surface area contributed by atoms with Crippen molar-refractivity contribution >= 4 is 31.6 Å². The summed E-state index contributed by atoms with van der Waals surface area (Å²) in [5, 5.41) is 0.865. The summed E-state index contributed by atoms with van der Waals surface area (Å²) < 4.78 is 41.2. The van der Waals surface area contributed by atoms with E-state index in [1.165, 1.54) is 0 Å². The van der Waals surface area contributed by atoms with Crippen molar-refractivity contribution in [3.63, 3.8) is 0 Å². The van der Waals surface area contributed by atoms with Gasteiger partial charge in [0.25, 0.3) is 0 Å². The predicted octanol–water partition coefficient (Wildman–Crippen LogP) is 4.37. The zero-order chi connectivity index (χ0) is 19.8. The molecular formula is C21H22N2O4S2. The molecule has 1 fully saturated rings. The van der Waals surface area contributed by atoms with Gasteiger partial charge in [-0.1, -0.05) is 18.6 Å². The third-order valence-electron chi connectivity index (χ3n) is 5.37. The van der Waals surface area contributed by atoms with Gasteiger partial charge in [-0.2, -0.15) is 4.31 Å². The number of para-hydroxylation sites is 1. The number of thiazole rings is 1. The van der Waals surface area contributed by atoms with Gasteiger partial charge in [-0.3, -0.25) is 0 Å². The second-order valence-corrected chi connectivity index (χ2v) is 10.3. The van der Waals surface area contributed by atoms with Crippen LogP contribution in [0, 0.1) is 0 Å². The Balaban J connectivity index is 1.52. The molecule has 29 heavy (non-hydrogen) atoms. The van der Waals surface area contributed by atoms with E-state index in [2.05, 4.69) is 0 Å². The van der Waals surface area contributed by atoms with Crippen molar-refractivity contribution in [1.29, 1.82) is 0 Å². The average molecular weight is 431 g/mol. The first-order chi connectivity index (χ1) is 14.1. The third-order valence-corrected chi connectivity index (χ3v) is 8.42. The molecule has 0 N–H and O–H groups in total. The molecule has 2 aliphatic rings. The quantitative estimate of drug-likeness (QED) is 0.617. The molecule has 152 valence electrons. The Morgan fingerprint density at radius 3 is 2.69 bits per heavy atom. The molecule has 0 spiro atoms. The molecule has 2 aromatic carbocycles. The van der Waals surface area contributed by atoms with Crippen LogP contribution in [-0.4, -0.2) is 37.5 Å². The Bertz CT molecular complexity index is 1110. The topological polar surface area (TPSA) is 68.7 Å². The fourth-order valence-electron chi connectivity index (χ4n) is 3.91. The minimum Gasteiger partial charge on any atom is -0.490 e. The second-order valence-electron chi connectivity index (χ2n) is 7.31. The lowest BCUT2D eigenvalue weighted by Gasteiger charge is -2.33. The van der Waals surface area contributed by atoms with Gasteiger partial charge in [-0.15, -0.1) is 11.3 Å². The van der Waals surface area contributed by atoms with Gasteiger partial charge < -0.3 is 9.47 Å². The Morgan fingerprint density at radius 1 is 1.00 bits per heavy atom. The Kier molecular flexibility index (Phi) is 4.93. The van der Waals surface area contributed by atoms with Crippen LogP contribution < -0.4 is 9.47 Å². The summed E-state index contributed by atoms with van der Waals surface area (Å²) in [7, 11) is -3.68. The molecular weight excluding hydrogens is 408 g/mol. The number of sulfonamides is 1. The maximum Gasteiger partial charge on any atom is 0.243 e. The van der Waals surface area contributed by atoms with Crippen molar-refractivity contribution in [2.75, 3.05) is 19.8 Å². The molecule has 0 radical (unpaired) electrons. The highest BCUT2D eigenvalue weighted by atomic mass is 32.2. The van der Waals surface area contributed by atoms with Crippen LogP contribution in [0.25, 0.3) is 10.2 Å². The number of rotatable bonds is 3. The molecule has 8 heteroatoms. The molecule has 5 rings (SSSR count). The largest absolute Gasteiger partial charge is 0.490 e. The number of ether oxygens (including phenoxy) is 2. The Morgan fingerprint density at radius 2 is 1.83 bits per heavy atom. The Labute approximate surface area is 174 Å². The fraction of sp³-hybridized carbons (Fsp3) is 0.381. The molecule has 1 aromatic heterocycles. The van der Waals surface area contributed by atoms with Crippen LogP contribution in [0.4, 0.5) is 0 Å². The summed E-state index contributed by atoms with van der Waals surface area (Å²) in [6.07, 6.45) is 3.41. The molecule has 0 saturated carbocycles. The SMILES string of the molecule is O=S(=O)(c1ccc2c(c1)OCCCO2)N1CCCC[C@@H]1c1nc2ccccc2s1. The van der Waals surface area contributed by atoms with Crippen molar-refractivity contribution in [2.45, 2.75) is 36.6 Å². The van der Waals surface area contributed by atoms with Crippen molar-refractivity contribution in [3.8, 4) is 11.5 Å². The second kappa shape index (κ2) is 7.59. The number of nitrogens with zero attached hydrogens (tertiary/aromatic N) is 2. The highest BCUT2D eigenvalue weighted by molar-refractivity contribution is 7.89. The average Bonchev–Trinajstić information content (AvgIpc) is 3.04. The molecule has 0 bridgehead atoms. The number of aromatic nitrogens is 1. The number of piperidine rings is 1. The van der Waals surface area contributed by atoms with E-state index in [4.69, 9.17) is 14.5 Å². The predicted molar refractivity (Wildman–Crippen MR) is 112 cm³/mol. The van der Waals surface area contributed by atoms with E-state index in [-0.39, 0.29) is 10.9 Å². The molecule has 3 heterocycles. The summed E-state index contributed by atoms with van der Waals surface area (Å²) in [4.78, 5) is 4.99. The van der Waals surface area contributed by atoms with Gasteiger partial charge in [0.15, 0.2) is 11.5 Å². The molecule has 1 atom stereocenters. The van der Waals surface area contributed by atoms with Gasteiger partial charge >= 0.3 is 0 Å². The van der Waals surface area contributed by atoms with E-state index >= 15 is 0 Å². The zero-order valence-corrected chi connectivity index (χ0v) is 17.5. The van der Waals surface area contributed by atoms with Gasteiger partial charge in [0.05, 0.1) is 34.4 Å². The summed E-state index contributed by atoms with van der Waals surface area (Å²) in [5.74, 6) is 1.10. The third kappa shape index (κ3) is 3.49. The number of fused-ring (bicyclic) bond motifs is 2. The number of benzene rings is 2. The fourth-order valence-corrected chi connectivity index (χ4v) is 6.77. The number of hydrogen-bond acceptors (Lipinski definition) is 6. The maximum atomic E-state index is 13.6. The summed E-state index contributed by atoms with van der Waals surface area (Å²) in [6, 6.07) is 12.6. The van der Waals surface area contributed by atoms with Gasteiger partial charge in [-0.05, 0) is 37.1 Å². The smallest absolute Gasteiger partial charge is 0.243 e. The van der Waals surface area contributed by atoms with Crippen LogP contribution in [0.3, 0.4) is 0 Å².